The lowest BCUT2D eigenvalue weighted by molar-refractivity contribution is -0.696. The molecule has 0 radical (unpaired) electrons. The van der Waals surface area contributed by atoms with E-state index in [9.17, 15) is 9.90 Å². The second-order valence-electron chi connectivity index (χ2n) is 4.44. The molecule has 1 aromatic heterocycles. The average Bonchev–Trinajstić information content (AvgIpc) is 2.45. The van der Waals surface area contributed by atoms with Crippen LogP contribution in [0.4, 0.5) is 0 Å². The van der Waals surface area contributed by atoms with Gasteiger partial charge in [0.05, 0.1) is 0 Å². The van der Waals surface area contributed by atoms with Crippen molar-refractivity contribution in [3.8, 4) is 5.75 Å². The molecule has 0 spiro atoms. The van der Waals surface area contributed by atoms with Crippen LogP contribution in [0.3, 0.4) is 0 Å². The SMILES string of the molecule is O=C(O)CC[n+]1ccc(/C=C\c2ccc(O)cc2)cc1. The van der Waals surface area contributed by atoms with Crippen molar-refractivity contribution in [2.45, 2.75) is 13.0 Å². The molecule has 0 atom stereocenters. The highest BCUT2D eigenvalue weighted by atomic mass is 16.4. The Morgan fingerprint density at radius 3 is 2.10 bits per heavy atom. The number of hydrogen-bond donors (Lipinski definition) is 2. The quantitative estimate of drug-likeness (QED) is 0.820. The first-order valence-corrected chi connectivity index (χ1v) is 6.31. The van der Waals surface area contributed by atoms with Gasteiger partial charge in [0.25, 0.3) is 0 Å². The van der Waals surface area contributed by atoms with Gasteiger partial charge in [-0.05, 0) is 23.3 Å². The molecule has 0 amide bonds. The van der Waals surface area contributed by atoms with Crippen LogP contribution >= 0.6 is 0 Å². The number of phenols is 1. The molecule has 2 aromatic rings. The zero-order valence-electron chi connectivity index (χ0n) is 10.9. The maximum absolute atomic E-state index is 10.5. The zero-order chi connectivity index (χ0) is 14.4. The van der Waals surface area contributed by atoms with Gasteiger partial charge in [0.1, 0.15) is 12.2 Å². The largest absolute Gasteiger partial charge is 0.508 e. The number of nitrogens with zero attached hydrogens (tertiary/aromatic N) is 1. The number of aryl methyl sites for hydroxylation is 1. The molecule has 0 bridgehead atoms. The van der Waals surface area contributed by atoms with Crippen molar-refractivity contribution < 1.29 is 19.6 Å². The normalized spacial score (nSPS) is 10.8. The Labute approximate surface area is 117 Å². The summed E-state index contributed by atoms with van der Waals surface area (Å²) in [6.45, 7) is 0.470. The molecule has 4 nitrogen and oxygen atoms in total. The van der Waals surface area contributed by atoms with E-state index in [1.54, 1.807) is 12.1 Å². The minimum atomic E-state index is -0.797. The molecule has 0 aliphatic carbocycles. The fraction of sp³-hybridized carbons (Fsp3) is 0.125. The Bertz CT molecular complexity index is 601. The van der Waals surface area contributed by atoms with Gasteiger partial charge in [-0.3, -0.25) is 4.79 Å². The van der Waals surface area contributed by atoms with Crippen molar-refractivity contribution in [3.05, 3.63) is 59.9 Å². The molecule has 0 unspecified atom stereocenters. The van der Waals surface area contributed by atoms with Gasteiger partial charge in [-0.15, -0.1) is 0 Å². The van der Waals surface area contributed by atoms with E-state index in [-0.39, 0.29) is 12.2 Å². The van der Waals surface area contributed by atoms with Crippen molar-refractivity contribution >= 4 is 18.1 Å². The van der Waals surface area contributed by atoms with Crippen molar-refractivity contribution in [2.24, 2.45) is 0 Å². The van der Waals surface area contributed by atoms with Crippen LogP contribution in [0.15, 0.2) is 48.8 Å². The zero-order valence-corrected chi connectivity index (χ0v) is 10.9. The van der Waals surface area contributed by atoms with Gasteiger partial charge >= 0.3 is 5.97 Å². The van der Waals surface area contributed by atoms with Crippen LogP contribution < -0.4 is 4.57 Å². The summed E-state index contributed by atoms with van der Waals surface area (Å²) in [4.78, 5) is 10.5. The molecule has 0 fully saturated rings. The summed E-state index contributed by atoms with van der Waals surface area (Å²) in [6.07, 6.45) is 7.76. The Balaban J connectivity index is 1.99. The monoisotopic (exact) mass is 270 g/mol. The smallest absolute Gasteiger partial charge is 0.309 e. The van der Waals surface area contributed by atoms with Gasteiger partial charge in [0, 0.05) is 12.1 Å². The maximum Gasteiger partial charge on any atom is 0.309 e. The molecule has 4 heteroatoms. The summed E-state index contributed by atoms with van der Waals surface area (Å²) < 4.78 is 1.84. The highest BCUT2D eigenvalue weighted by molar-refractivity contribution is 5.69. The lowest BCUT2D eigenvalue weighted by Gasteiger charge is -1.96. The number of aromatic nitrogens is 1. The molecule has 1 aromatic carbocycles. The lowest BCUT2D eigenvalue weighted by Crippen LogP contribution is -2.33. The summed E-state index contributed by atoms with van der Waals surface area (Å²) in [7, 11) is 0. The van der Waals surface area contributed by atoms with E-state index in [2.05, 4.69) is 0 Å². The molecule has 1 heterocycles. The van der Waals surface area contributed by atoms with Crippen molar-refractivity contribution in [1.82, 2.24) is 0 Å². The van der Waals surface area contributed by atoms with E-state index in [1.807, 2.05) is 53.4 Å². The Morgan fingerprint density at radius 2 is 1.55 bits per heavy atom. The third-order valence-corrected chi connectivity index (χ3v) is 2.86. The van der Waals surface area contributed by atoms with Gasteiger partial charge < -0.3 is 10.2 Å². The number of benzene rings is 1. The summed E-state index contributed by atoms with van der Waals surface area (Å²) >= 11 is 0. The molecule has 2 N–H and O–H groups in total. The van der Waals surface area contributed by atoms with Gasteiger partial charge in [-0.1, -0.05) is 24.3 Å². The third kappa shape index (κ3) is 4.24. The van der Waals surface area contributed by atoms with E-state index < -0.39 is 5.97 Å². The lowest BCUT2D eigenvalue weighted by atomic mass is 10.1. The number of carbonyl (C=O) groups is 1. The van der Waals surface area contributed by atoms with Gasteiger partial charge in [0.15, 0.2) is 18.9 Å². The highest BCUT2D eigenvalue weighted by Crippen LogP contribution is 2.12. The Hall–Kier alpha value is -2.62. The second-order valence-corrected chi connectivity index (χ2v) is 4.44. The van der Waals surface area contributed by atoms with Crippen LogP contribution in [0, 0.1) is 0 Å². The molecule has 0 aliphatic rings. The van der Waals surface area contributed by atoms with E-state index in [0.717, 1.165) is 11.1 Å². The van der Waals surface area contributed by atoms with E-state index in [1.165, 1.54) is 0 Å². The van der Waals surface area contributed by atoms with E-state index >= 15 is 0 Å². The number of rotatable bonds is 5. The van der Waals surface area contributed by atoms with Crippen LogP contribution in [0.1, 0.15) is 17.5 Å². The average molecular weight is 270 g/mol. The topological polar surface area (TPSA) is 61.4 Å². The van der Waals surface area contributed by atoms with Crippen LogP contribution in [0.5, 0.6) is 5.75 Å². The number of aliphatic carboxylic acids is 1. The Morgan fingerprint density at radius 1 is 1.00 bits per heavy atom. The fourth-order valence-corrected chi connectivity index (χ4v) is 1.73. The molecular formula is C16H16NO3+. The van der Waals surface area contributed by atoms with Gasteiger partial charge in [-0.2, -0.15) is 0 Å². The van der Waals surface area contributed by atoms with E-state index in [0.29, 0.717) is 6.54 Å². The first kappa shape index (κ1) is 13.8. The van der Waals surface area contributed by atoms with Crippen LogP contribution in [-0.2, 0) is 11.3 Å². The fourth-order valence-electron chi connectivity index (χ4n) is 1.73. The predicted molar refractivity (Wildman–Crippen MR) is 75.9 cm³/mol. The molecule has 0 saturated carbocycles. The molecule has 0 aliphatic heterocycles. The molecule has 2 rings (SSSR count). The van der Waals surface area contributed by atoms with Crippen LogP contribution in [0.25, 0.3) is 12.2 Å². The predicted octanol–water partition coefficient (Wildman–Crippen LogP) is 2.32. The van der Waals surface area contributed by atoms with Gasteiger partial charge in [-0.25, -0.2) is 4.57 Å². The molecule has 20 heavy (non-hydrogen) atoms. The molecular weight excluding hydrogens is 254 g/mol. The maximum atomic E-state index is 10.5. The molecule has 102 valence electrons. The molecule has 0 saturated heterocycles. The summed E-state index contributed by atoms with van der Waals surface area (Å²) in [5.41, 5.74) is 2.04. The van der Waals surface area contributed by atoms with E-state index in [4.69, 9.17) is 5.11 Å². The number of hydrogen-bond acceptors (Lipinski definition) is 2. The number of aromatic hydroxyl groups is 1. The van der Waals surface area contributed by atoms with Crippen LogP contribution in [0.2, 0.25) is 0 Å². The summed E-state index contributed by atoms with van der Waals surface area (Å²) in [5.74, 6) is -0.546. The minimum absolute atomic E-state index is 0.118. The minimum Gasteiger partial charge on any atom is -0.508 e. The second kappa shape index (κ2) is 6.52. The van der Waals surface area contributed by atoms with Gasteiger partial charge in [0.2, 0.25) is 0 Å². The Kier molecular flexibility index (Phi) is 4.50. The standard InChI is InChI=1S/C16H15NO3/c18-15-5-3-13(4-6-15)1-2-14-7-10-17(11-8-14)12-9-16(19)20/h1-8,10-11H,9,12H2,(H,19,20)/p+1. The summed E-state index contributed by atoms with van der Waals surface area (Å²) in [5, 5.41) is 17.8. The first-order valence-electron chi connectivity index (χ1n) is 6.31. The highest BCUT2D eigenvalue weighted by Gasteiger charge is 2.03. The van der Waals surface area contributed by atoms with Crippen molar-refractivity contribution in [2.75, 3.05) is 0 Å². The number of pyridine rings is 1. The number of phenolic OH excluding ortho intramolecular Hbond substituents is 1. The number of carboxylic acids is 1. The first-order chi connectivity index (χ1) is 9.63. The van der Waals surface area contributed by atoms with Crippen LogP contribution in [-0.4, -0.2) is 16.2 Å². The number of carboxylic acid groups (broad SMARTS) is 1. The van der Waals surface area contributed by atoms with Crippen molar-refractivity contribution in [1.29, 1.82) is 0 Å². The third-order valence-electron chi connectivity index (χ3n) is 2.86. The summed E-state index contributed by atoms with van der Waals surface area (Å²) in [6, 6.07) is 10.8. The van der Waals surface area contributed by atoms with Crippen molar-refractivity contribution in [3.63, 3.8) is 0 Å².